The van der Waals surface area contributed by atoms with Gasteiger partial charge in [0, 0.05) is 13.1 Å². The second kappa shape index (κ2) is 6.57. The van der Waals surface area contributed by atoms with E-state index in [-0.39, 0.29) is 12.1 Å². The van der Waals surface area contributed by atoms with Crippen LogP contribution in [0.25, 0.3) is 11.0 Å². The fourth-order valence-corrected chi connectivity index (χ4v) is 3.65. The molecule has 2 atom stereocenters. The molecular weight excluding hydrogens is 292 g/mol. The lowest BCUT2D eigenvalue weighted by Gasteiger charge is -2.28. The lowest BCUT2D eigenvalue weighted by molar-refractivity contribution is 0.0836. The zero-order valence-corrected chi connectivity index (χ0v) is 13.3. The van der Waals surface area contributed by atoms with Gasteiger partial charge in [0.25, 0.3) is 0 Å². The summed E-state index contributed by atoms with van der Waals surface area (Å²) in [6.45, 7) is 6.06. The number of para-hydroxylation sites is 2. The SMILES string of the molecule is O[C@H]1COC[C@@H]1N1CCCN(Cc2nc3ccccc3[nH]2)CC1. The van der Waals surface area contributed by atoms with E-state index in [1.807, 2.05) is 18.2 Å². The summed E-state index contributed by atoms with van der Waals surface area (Å²) in [5.74, 6) is 1.03. The Morgan fingerprint density at radius 1 is 1.17 bits per heavy atom. The molecule has 1 aromatic heterocycles. The van der Waals surface area contributed by atoms with Crippen molar-refractivity contribution in [2.45, 2.75) is 25.1 Å². The van der Waals surface area contributed by atoms with Crippen LogP contribution in [-0.2, 0) is 11.3 Å². The molecule has 124 valence electrons. The number of nitrogens with one attached hydrogen (secondary N) is 1. The lowest BCUT2D eigenvalue weighted by atomic mass is 10.2. The number of benzene rings is 1. The molecule has 0 bridgehead atoms. The van der Waals surface area contributed by atoms with Crippen molar-refractivity contribution < 1.29 is 9.84 Å². The van der Waals surface area contributed by atoms with Gasteiger partial charge in [0.15, 0.2) is 0 Å². The summed E-state index contributed by atoms with van der Waals surface area (Å²) in [6.07, 6.45) is 0.778. The Labute approximate surface area is 136 Å². The average Bonchev–Trinajstić information content (AvgIpc) is 3.08. The fourth-order valence-electron chi connectivity index (χ4n) is 3.65. The topological polar surface area (TPSA) is 64.6 Å². The first kappa shape index (κ1) is 15.1. The maximum Gasteiger partial charge on any atom is 0.121 e. The summed E-state index contributed by atoms with van der Waals surface area (Å²) in [4.78, 5) is 12.9. The summed E-state index contributed by atoms with van der Waals surface area (Å²) < 4.78 is 5.40. The minimum atomic E-state index is -0.336. The molecule has 23 heavy (non-hydrogen) atoms. The number of aromatic nitrogens is 2. The average molecular weight is 316 g/mol. The molecular formula is C17H24N4O2. The van der Waals surface area contributed by atoms with Crippen molar-refractivity contribution >= 4 is 11.0 Å². The molecule has 2 saturated heterocycles. The summed E-state index contributed by atoms with van der Waals surface area (Å²) in [5, 5.41) is 10.0. The first-order valence-electron chi connectivity index (χ1n) is 8.45. The maximum atomic E-state index is 10.0. The van der Waals surface area contributed by atoms with Crippen molar-refractivity contribution in [2.24, 2.45) is 0 Å². The summed E-state index contributed by atoms with van der Waals surface area (Å²) >= 11 is 0. The Morgan fingerprint density at radius 2 is 2.09 bits per heavy atom. The second-order valence-electron chi connectivity index (χ2n) is 6.54. The number of hydrogen-bond donors (Lipinski definition) is 2. The van der Waals surface area contributed by atoms with E-state index in [9.17, 15) is 5.11 Å². The molecule has 0 saturated carbocycles. The van der Waals surface area contributed by atoms with Gasteiger partial charge in [-0.15, -0.1) is 0 Å². The quantitative estimate of drug-likeness (QED) is 0.878. The highest BCUT2D eigenvalue weighted by Gasteiger charge is 2.32. The van der Waals surface area contributed by atoms with E-state index in [0.29, 0.717) is 13.2 Å². The molecule has 0 spiro atoms. The van der Waals surface area contributed by atoms with Crippen molar-refractivity contribution in [3.8, 4) is 0 Å². The van der Waals surface area contributed by atoms with Gasteiger partial charge in [-0.2, -0.15) is 0 Å². The van der Waals surface area contributed by atoms with Gasteiger partial charge in [0.2, 0.25) is 0 Å². The molecule has 0 amide bonds. The first-order chi connectivity index (χ1) is 11.3. The monoisotopic (exact) mass is 316 g/mol. The van der Waals surface area contributed by atoms with Crippen LogP contribution in [0, 0.1) is 0 Å². The number of aromatic amines is 1. The zero-order valence-electron chi connectivity index (χ0n) is 13.3. The molecule has 0 unspecified atom stereocenters. The van der Waals surface area contributed by atoms with Gasteiger partial charge in [0.05, 0.1) is 42.9 Å². The third-order valence-corrected chi connectivity index (χ3v) is 4.93. The van der Waals surface area contributed by atoms with Gasteiger partial charge in [-0.1, -0.05) is 12.1 Å². The van der Waals surface area contributed by atoms with Crippen LogP contribution in [0.5, 0.6) is 0 Å². The van der Waals surface area contributed by atoms with Gasteiger partial charge >= 0.3 is 0 Å². The molecule has 2 aliphatic heterocycles. The molecule has 2 aromatic rings. The molecule has 2 fully saturated rings. The fraction of sp³-hybridized carbons (Fsp3) is 0.588. The Hall–Kier alpha value is -1.47. The zero-order chi connectivity index (χ0) is 15.6. The molecule has 0 aliphatic carbocycles. The van der Waals surface area contributed by atoms with Crippen LogP contribution in [0.4, 0.5) is 0 Å². The minimum absolute atomic E-state index is 0.168. The summed E-state index contributed by atoms with van der Waals surface area (Å²) in [5.41, 5.74) is 2.13. The van der Waals surface area contributed by atoms with E-state index in [2.05, 4.69) is 25.8 Å². The third-order valence-electron chi connectivity index (χ3n) is 4.93. The molecule has 3 heterocycles. The highest BCUT2D eigenvalue weighted by molar-refractivity contribution is 5.74. The number of ether oxygens (including phenoxy) is 1. The van der Waals surface area contributed by atoms with E-state index in [0.717, 1.165) is 56.0 Å². The number of rotatable bonds is 3. The number of hydrogen-bond acceptors (Lipinski definition) is 5. The molecule has 6 nitrogen and oxygen atoms in total. The highest BCUT2D eigenvalue weighted by atomic mass is 16.5. The maximum absolute atomic E-state index is 10.0. The summed E-state index contributed by atoms with van der Waals surface area (Å²) in [7, 11) is 0. The van der Waals surface area contributed by atoms with Crippen LogP contribution in [0.2, 0.25) is 0 Å². The normalized spacial score (nSPS) is 27.5. The van der Waals surface area contributed by atoms with Gasteiger partial charge in [0.1, 0.15) is 5.82 Å². The van der Waals surface area contributed by atoms with Gasteiger partial charge in [-0.25, -0.2) is 4.98 Å². The number of aliphatic hydroxyl groups excluding tert-OH is 1. The molecule has 6 heteroatoms. The van der Waals surface area contributed by atoms with Crippen LogP contribution in [0.15, 0.2) is 24.3 Å². The van der Waals surface area contributed by atoms with E-state index < -0.39 is 0 Å². The first-order valence-corrected chi connectivity index (χ1v) is 8.45. The Kier molecular flexibility index (Phi) is 4.31. The van der Waals surface area contributed by atoms with Gasteiger partial charge in [-0.3, -0.25) is 9.80 Å². The van der Waals surface area contributed by atoms with Crippen molar-refractivity contribution in [3.63, 3.8) is 0 Å². The predicted octanol–water partition coefficient (Wildman–Crippen LogP) is 0.830. The lowest BCUT2D eigenvalue weighted by Crippen LogP contribution is -2.44. The van der Waals surface area contributed by atoms with Crippen molar-refractivity contribution in [1.29, 1.82) is 0 Å². The number of aliphatic hydroxyl groups is 1. The van der Waals surface area contributed by atoms with E-state index in [1.165, 1.54) is 0 Å². The van der Waals surface area contributed by atoms with Crippen LogP contribution in [0.1, 0.15) is 12.2 Å². The molecule has 0 radical (unpaired) electrons. The second-order valence-corrected chi connectivity index (χ2v) is 6.54. The largest absolute Gasteiger partial charge is 0.389 e. The number of nitrogens with zero attached hydrogens (tertiary/aromatic N) is 3. The Morgan fingerprint density at radius 3 is 2.91 bits per heavy atom. The smallest absolute Gasteiger partial charge is 0.121 e. The molecule has 4 rings (SSSR count). The predicted molar refractivity (Wildman–Crippen MR) is 88.2 cm³/mol. The Bertz CT molecular complexity index is 626. The van der Waals surface area contributed by atoms with Gasteiger partial charge < -0.3 is 14.8 Å². The van der Waals surface area contributed by atoms with Crippen LogP contribution >= 0.6 is 0 Å². The van der Waals surface area contributed by atoms with Crippen LogP contribution in [0.3, 0.4) is 0 Å². The van der Waals surface area contributed by atoms with Crippen molar-refractivity contribution in [3.05, 3.63) is 30.1 Å². The molecule has 2 N–H and O–H groups in total. The number of imidazole rings is 1. The standard InChI is InChI=1S/C17H24N4O2/c22-16-12-23-11-15(16)21-7-3-6-20(8-9-21)10-17-18-13-4-1-2-5-14(13)19-17/h1-2,4-5,15-16,22H,3,6-12H2,(H,18,19)/t15-,16-/m0/s1. The number of fused-ring (bicyclic) bond motifs is 1. The van der Waals surface area contributed by atoms with Crippen molar-refractivity contribution in [1.82, 2.24) is 19.8 Å². The third kappa shape index (κ3) is 3.26. The minimum Gasteiger partial charge on any atom is -0.389 e. The summed E-state index contributed by atoms with van der Waals surface area (Å²) in [6, 6.07) is 8.33. The highest BCUT2D eigenvalue weighted by Crippen LogP contribution is 2.17. The molecule has 1 aromatic carbocycles. The van der Waals surface area contributed by atoms with Crippen molar-refractivity contribution in [2.75, 3.05) is 39.4 Å². The van der Waals surface area contributed by atoms with E-state index >= 15 is 0 Å². The van der Waals surface area contributed by atoms with Crippen LogP contribution in [-0.4, -0.2) is 76.4 Å². The molecule has 2 aliphatic rings. The van der Waals surface area contributed by atoms with Crippen LogP contribution < -0.4 is 0 Å². The Balaban J connectivity index is 1.38. The van der Waals surface area contributed by atoms with Gasteiger partial charge in [-0.05, 0) is 31.6 Å². The van der Waals surface area contributed by atoms with E-state index in [1.54, 1.807) is 0 Å². The number of H-pyrrole nitrogens is 1. The van der Waals surface area contributed by atoms with E-state index in [4.69, 9.17) is 4.74 Å².